The number of H-pyrrole nitrogens is 1. The van der Waals surface area contributed by atoms with E-state index >= 15 is 0 Å². The van der Waals surface area contributed by atoms with Gasteiger partial charge in [-0.3, -0.25) is 4.98 Å². The Morgan fingerprint density at radius 2 is 1.95 bits per heavy atom. The zero-order valence-corrected chi connectivity index (χ0v) is 11.0. The number of fused-ring (bicyclic) bond motifs is 5. The fourth-order valence-corrected chi connectivity index (χ4v) is 3.59. The number of aliphatic hydroxyl groups is 1. The molecule has 3 heterocycles. The number of aromatic hydroxyl groups is 2. The summed E-state index contributed by atoms with van der Waals surface area (Å²) in [6, 6.07) is 0. The minimum Gasteiger partial charge on any atom is -0.494 e. The van der Waals surface area contributed by atoms with Gasteiger partial charge in [0.2, 0.25) is 0 Å². The van der Waals surface area contributed by atoms with Crippen molar-refractivity contribution in [1.29, 1.82) is 0 Å². The van der Waals surface area contributed by atoms with E-state index in [2.05, 4.69) is 4.98 Å². The van der Waals surface area contributed by atoms with Crippen LogP contribution in [-0.4, -0.2) is 26.9 Å². The molecule has 0 aliphatic carbocycles. The molecular weight excluding hydrogens is 246 g/mol. The summed E-state index contributed by atoms with van der Waals surface area (Å²) < 4.78 is 6.05. The predicted molar refractivity (Wildman–Crippen MR) is 69.0 cm³/mol. The molecular formula is C14H21NO4. The zero-order valence-electron chi connectivity index (χ0n) is 11.0. The first kappa shape index (κ1) is 12.8. The van der Waals surface area contributed by atoms with Crippen LogP contribution in [0.1, 0.15) is 62.2 Å². The Kier molecular flexibility index (Phi) is 3.19. The summed E-state index contributed by atoms with van der Waals surface area (Å²) in [5, 5.41) is 28.5. The maximum absolute atomic E-state index is 9.95. The summed E-state index contributed by atoms with van der Waals surface area (Å²) >= 11 is 0. The third-order valence-electron chi connectivity index (χ3n) is 4.44. The first-order valence-electron chi connectivity index (χ1n) is 7.11. The quantitative estimate of drug-likeness (QED) is 0.596. The van der Waals surface area contributed by atoms with Crippen LogP contribution in [0.15, 0.2) is 0 Å². The van der Waals surface area contributed by atoms with Gasteiger partial charge in [0, 0.05) is 6.61 Å². The lowest BCUT2D eigenvalue weighted by molar-refractivity contribution is -0.0311. The lowest BCUT2D eigenvalue weighted by Crippen LogP contribution is -2.22. The van der Waals surface area contributed by atoms with E-state index in [-0.39, 0.29) is 24.5 Å². The number of ether oxygens (including phenoxy) is 1. The van der Waals surface area contributed by atoms with Crippen molar-refractivity contribution >= 4 is 0 Å². The molecule has 3 rings (SSSR count). The summed E-state index contributed by atoms with van der Waals surface area (Å²) in [4.78, 5) is 2.61. The highest BCUT2D eigenvalue weighted by atomic mass is 16.5. The minimum absolute atomic E-state index is 0.0550. The fourth-order valence-electron chi connectivity index (χ4n) is 3.59. The van der Waals surface area contributed by atoms with Crippen molar-refractivity contribution in [3.63, 3.8) is 0 Å². The molecule has 4 N–H and O–H groups in total. The molecule has 2 atom stereocenters. The van der Waals surface area contributed by atoms with Gasteiger partial charge in [-0.15, -0.1) is 0 Å². The minimum atomic E-state index is -0.402. The third kappa shape index (κ3) is 1.92. The van der Waals surface area contributed by atoms with Gasteiger partial charge < -0.3 is 20.1 Å². The Balaban J connectivity index is 1.72. The lowest BCUT2D eigenvalue weighted by Gasteiger charge is -2.25. The van der Waals surface area contributed by atoms with Crippen molar-refractivity contribution in [2.24, 2.45) is 0 Å². The molecule has 1 aromatic heterocycles. The highest BCUT2D eigenvalue weighted by Crippen LogP contribution is 2.61. The second-order valence-electron chi connectivity index (χ2n) is 5.64. The van der Waals surface area contributed by atoms with Gasteiger partial charge in [0.05, 0.1) is 22.8 Å². The SMILES string of the molecule is OCCCCCCC12CCC(O1)c1c(O)[nH]c(O)c12. The summed E-state index contributed by atoms with van der Waals surface area (Å²) in [5.41, 5.74) is 1.14. The zero-order chi connectivity index (χ0) is 13.5. The van der Waals surface area contributed by atoms with Crippen molar-refractivity contribution in [1.82, 2.24) is 4.98 Å². The highest BCUT2D eigenvalue weighted by molar-refractivity contribution is 5.53. The number of rotatable bonds is 6. The number of aromatic amines is 1. The van der Waals surface area contributed by atoms with Crippen molar-refractivity contribution < 1.29 is 20.1 Å². The molecule has 0 spiro atoms. The van der Waals surface area contributed by atoms with Crippen LogP contribution in [0.5, 0.6) is 11.8 Å². The van der Waals surface area contributed by atoms with E-state index in [1.54, 1.807) is 0 Å². The fraction of sp³-hybridized carbons (Fsp3) is 0.714. The predicted octanol–water partition coefficient (Wildman–Crippen LogP) is 2.43. The summed E-state index contributed by atoms with van der Waals surface area (Å²) in [6.45, 7) is 0.250. The van der Waals surface area contributed by atoms with E-state index in [0.717, 1.165) is 56.1 Å². The Morgan fingerprint density at radius 1 is 1.16 bits per heavy atom. The van der Waals surface area contributed by atoms with Crippen LogP contribution in [0.25, 0.3) is 0 Å². The molecule has 2 unspecified atom stereocenters. The first-order valence-corrected chi connectivity index (χ1v) is 7.11. The molecule has 0 aromatic carbocycles. The second-order valence-corrected chi connectivity index (χ2v) is 5.64. The van der Waals surface area contributed by atoms with Crippen LogP contribution in [0.3, 0.4) is 0 Å². The molecule has 1 saturated heterocycles. The number of hydrogen-bond acceptors (Lipinski definition) is 4. The average Bonchev–Trinajstić information content (AvgIpc) is 3.01. The average molecular weight is 267 g/mol. The number of aliphatic hydroxyl groups excluding tert-OH is 1. The highest BCUT2D eigenvalue weighted by Gasteiger charge is 2.54. The van der Waals surface area contributed by atoms with Crippen molar-refractivity contribution in [3.8, 4) is 11.8 Å². The third-order valence-corrected chi connectivity index (χ3v) is 4.44. The Bertz CT molecular complexity index is 470. The maximum atomic E-state index is 9.95. The van der Waals surface area contributed by atoms with Crippen molar-refractivity contribution in [2.45, 2.75) is 56.7 Å². The first-order chi connectivity index (χ1) is 9.18. The molecule has 19 heavy (non-hydrogen) atoms. The van der Waals surface area contributed by atoms with Crippen LogP contribution >= 0.6 is 0 Å². The monoisotopic (exact) mass is 267 g/mol. The van der Waals surface area contributed by atoms with Gasteiger partial charge in [0.25, 0.3) is 0 Å². The van der Waals surface area contributed by atoms with E-state index in [1.807, 2.05) is 0 Å². The van der Waals surface area contributed by atoms with Crippen LogP contribution in [0, 0.1) is 0 Å². The molecule has 0 amide bonds. The molecule has 2 aliphatic heterocycles. The summed E-state index contributed by atoms with van der Waals surface area (Å²) in [7, 11) is 0. The molecule has 5 heteroatoms. The van der Waals surface area contributed by atoms with Gasteiger partial charge in [0.1, 0.15) is 0 Å². The molecule has 0 saturated carbocycles. The molecule has 0 radical (unpaired) electrons. The molecule has 1 fully saturated rings. The molecule has 106 valence electrons. The Morgan fingerprint density at radius 3 is 2.74 bits per heavy atom. The molecule has 1 aromatic rings. The normalized spacial score (nSPS) is 27.9. The number of unbranched alkanes of at least 4 members (excludes halogenated alkanes) is 3. The van der Waals surface area contributed by atoms with E-state index in [0.29, 0.717) is 0 Å². The van der Waals surface area contributed by atoms with Crippen LogP contribution in [0.4, 0.5) is 0 Å². The number of aromatic nitrogens is 1. The topological polar surface area (TPSA) is 85.7 Å². The van der Waals surface area contributed by atoms with Crippen molar-refractivity contribution in [3.05, 3.63) is 11.1 Å². The molecule has 2 aliphatic rings. The second kappa shape index (κ2) is 4.72. The Hall–Kier alpha value is -1.20. The van der Waals surface area contributed by atoms with Crippen LogP contribution < -0.4 is 0 Å². The van der Waals surface area contributed by atoms with E-state index in [4.69, 9.17) is 9.84 Å². The molecule has 5 nitrogen and oxygen atoms in total. The standard InChI is InChI=1S/C14H21NO4/c16-8-4-2-1-3-6-14-7-5-9(19-14)10-11(14)13(18)15-12(10)17/h9,15-18H,1-8H2. The van der Waals surface area contributed by atoms with Gasteiger partial charge in [-0.05, 0) is 25.7 Å². The van der Waals surface area contributed by atoms with Gasteiger partial charge in [-0.2, -0.15) is 0 Å². The van der Waals surface area contributed by atoms with Crippen LogP contribution in [-0.2, 0) is 10.3 Å². The van der Waals surface area contributed by atoms with E-state index in [1.165, 1.54) is 0 Å². The van der Waals surface area contributed by atoms with Gasteiger partial charge in [0.15, 0.2) is 11.8 Å². The van der Waals surface area contributed by atoms with E-state index < -0.39 is 5.60 Å². The largest absolute Gasteiger partial charge is 0.494 e. The van der Waals surface area contributed by atoms with Gasteiger partial charge >= 0.3 is 0 Å². The summed E-state index contributed by atoms with van der Waals surface area (Å²) in [5.74, 6) is 0.115. The van der Waals surface area contributed by atoms with Crippen LogP contribution in [0.2, 0.25) is 0 Å². The van der Waals surface area contributed by atoms with Gasteiger partial charge in [-0.25, -0.2) is 0 Å². The van der Waals surface area contributed by atoms with Gasteiger partial charge in [-0.1, -0.05) is 19.3 Å². The van der Waals surface area contributed by atoms with Crippen molar-refractivity contribution in [2.75, 3.05) is 6.61 Å². The smallest absolute Gasteiger partial charge is 0.197 e. The summed E-state index contributed by atoms with van der Waals surface area (Å²) in [6.07, 6.45) is 6.56. The number of nitrogens with one attached hydrogen (secondary N) is 1. The lowest BCUT2D eigenvalue weighted by atomic mass is 9.81. The maximum Gasteiger partial charge on any atom is 0.197 e. The van der Waals surface area contributed by atoms with E-state index in [9.17, 15) is 10.2 Å². The number of hydrogen-bond donors (Lipinski definition) is 4. The Labute approximate surface area is 112 Å². The molecule has 2 bridgehead atoms.